The Hall–Kier alpha value is -5.50. The zero-order valence-corrected chi connectivity index (χ0v) is 20.7. The molecule has 8 nitrogen and oxygen atoms in total. The molecule has 3 aliphatic rings. The predicted molar refractivity (Wildman–Crippen MR) is 147 cm³/mol. The minimum Gasteiger partial charge on any atom is -0.504 e. The number of phenols is 5. The van der Waals surface area contributed by atoms with Gasteiger partial charge < -0.3 is 29.9 Å². The van der Waals surface area contributed by atoms with Crippen molar-refractivity contribution in [1.82, 2.24) is 9.97 Å². The Morgan fingerprint density at radius 2 is 1.23 bits per heavy atom. The first kappa shape index (κ1) is 22.5. The second kappa shape index (κ2) is 7.54. The predicted octanol–water partition coefficient (Wildman–Crippen LogP) is 5.92. The Morgan fingerprint density at radius 1 is 0.650 bits per heavy atom. The van der Waals surface area contributed by atoms with Crippen molar-refractivity contribution in [3.63, 3.8) is 0 Å². The zero-order valence-electron chi connectivity index (χ0n) is 20.7. The molecule has 0 atom stereocenters. The van der Waals surface area contributed by atoms with Crippen LogP contribution < -0.4 is 0 Å². The van der Waals surface area contributed by atoms with Gasteiger partial charge in [0.25, 0.3) is 0 Å². The van der Waals surface area contributed by atoms with E-state index in [4.69, 9.17) is 14.4 Å². The van der Waals surface area contributed by atoms with Gasteiger partial charge in [0.2, 0.25) is 23.0 Å². The molecule has 5 N–H and O–H groups in total. The third kappa shape index (κ3) is 2.59. The first-order chi connectivity index (χ1) is 19.4. The molecule has 4 aromatic carbocycles. The van der Waals surface area contributed by atoms with Gasteiger partial charge in [0.05, 0.1) is 22.1 Å². The molecule has 40 heavy (non-hydrogen) atoms. The molecule has 3 aliphatic carbocycles. The zero-order chi connectivity index (χ0) is 27.3. The molecule has 2 heterocycles. The van der Waals surface area contributed by atoms with Crippen LogP contribution in [-0.2, 0) is 5.41 Å². The number of hydrogen-bond acceptors (Lipinski definition) is 8. The number of allylic oxidation sites excluding steroid dienone is 2. The number of hydrogen-bond donors (Lipinski definition) is 5. The standard InChI is InChI=1S/C32H20N2O6/c35-25-23(26(36)28(38)29(39)27(25)37)24-22-18-9-3-6-12-21(18)40-30(22)34-31(33-24)32-14-13-15(16-7-1-4-10-19(16)32)17-8-2-5-11-20(17)32/h1-15,35-39H. The fraction of sp³-hybridized carbons (Fsp3) is 0.0625. The molecule has 0 fully saturated rings. The van der Waals surface area contributed by atoms with Crippen LogP contribution in [0.5, 0.6) is 28.7 Å². The van der Waals surface area contributed by atoms with E-state index < -0.39 is 34.2 Å². The van der Waals surface area contributed by atoms with Crippen LogP contribution in [0.25, 0.3) is 33.3 Å². The SMILES string of the molecule is Oc1c(O)c(O)c(-c2nc(C34C=CC(c5ccccc53)c3ccccc34)nc3oc4ccccc4c23)c(O)c1O. The molecule has 0 saturated carbocycles. The van der Waals surface area contributed by atoms with Crippen molar-refractivity contribution in [3.8, 4) is 40.0 Å². The van der Waals surface area contributed by atoms with Gasteiger partial charge in [-0.05, 0) is 28.3 Å². The Kier molecular flexibility index (Phi) is 4.24. The Labute approximate surface area is 226 Å². The van der Waals surface area contributed by atoms with Crippen LogP contribution in [-0.4, -0.2) is 35.5 Å². The molecule has 0 amide bonds. The molecule has 0 saturated heterocycles. The highest BCUT2D eigenvalue weighted by atomic mass is 16.4. The number of aromatic hydroxyl groups is 5. The molecule has 2 bridgehead atoms. The number of rotatable bonds is 2. The lowest BCUT2D eigenvalue weighted by atomic mass is 9.58. The van der Waals surface area contributed by atoms with E-state index in [-0.39, 0.29) is 22.9 Å². The van der Waals surface area contributed by atoms with Crippen LogP contribution in [0, 0.1) is 0 Å². The van der Waals surface area contributed by atoms with Crippen LogP contribution >= 0.6 is 0 Å². The van der Waals surface area contributed by atoms with E-state index in [1.54, 1.807) is 18.2 Å². The number of benzene rings is 4. The largest absolute Gasteiger partial charge is 0.504 e. The number of phenolic OH excluding ortho intramolecular Hbond substituents is 5. The van der Waals surface area contributed by atoms with E-state index in [1.165, 1.54) is 0 Å². The Morgan fingerprint density at radius 3 is 1.90 bits per heavy atom. The molecule has 2 aromatic heterocycles. The summed E-state index contributed by atoms with van der Waals surface area (Å²) >= 11 is 0. The Balaban J connectivity index is 1.56. The van der Waals surface area contributed by atoms with Crippen molar-refractivity contribution in [2.24, 2.45) is 0 Å². The number of furan rings is 1. The van der Waals surface area contributed by atoms with Gasteiger partial charge >= 0.3 is 0 Å². The molecule has 6 aromatic rings. The highest BCUT2D eigenvalue weighted by molar-refractivity contribution is 6.11. The monoisotopic (exact) mass is 528 g/mol. The van der Waals surface area contributed by atoms with Gasteiger partial charge in [-0.1, -0.05) is 78.9 Å². The molecule has 9 rings (SSSR count). The van der Waals surface area contributed by atoms with Crippen molar-refractivity contribution >= 4 is 22.1 Å². The first-order valence-electron chi connectivity index (χ1n) is 12.7. The maximum atomic E-state index is 11.0. The molecule has 8 heteroatoms. The maximum Gasteiger partial charge on any atom is 0.231 e. The number of para-hydroxylation sites is 1. The molecular formula is C32H20N2O6. The topological polar surface area (TPSA) is 140 Å². The van der Waals surface area contributed by atoms with Crippen LogP contribution in [0.2, 0.25) is 0 Å². The molecule has 0 unspecified atom stereocenters. The third-order valence-electron chi connectivity index (χ3n) is 8.18. The fourth-order valence-corrected chi connectivity index (χ4v) is 6.40. The van der Waals surface area contributed by atoms with Gasteiger partial charge in [0.1, 0.15) is 5.58 Å². The van der Waals surface area contributed by atoms with Crippen molar-refractivity contribution in [2.45, 2.75) is 11.3 Å². The van der Waals surface area contributed by atoms with Crippen molar-refractivity contribution in [2.75, 3.05) is 0 Å². The van der Waals surface area contributed by atoms with Gasteiger partial charge in [-0.25, -0.2) is 4.98 Å². The highest BCUT2D eigenvalue weighted by Gasteiger charge is 2.48. The Bertz CT molecular complexity index is 2020. The van der Waals surface area contributed by atoms with Gasteiger partial charge in [0, 0.05) is 11.3 Å². The van der Waals surface area contributed by atoms with Crippen LogP contribution in [0.1, 0.15) is 34.0 Å². The van der Waals surface area contributed by atoms with Crippen LogP contribution in [0.3, 0.4) is 0 Å². The van der Waals surface area contributed by atoms with Gasteiger partial charge in [-0.2, -0.15) is 4.98 Å². The number of nitrogens with zero attached hydrogens (tertiary/aromatic N) is 2. The average Bonchev–Trinajstić information content (AvgIpc) is 3.38. The van der Waals surface area contributed by atoms with E-state index in [9.17, 15) is 25.5 Å². The lowest BCUT2D eigenvalue weighted by molar-refractivity contribution is 0.330. The minimum absolute atomic E-state index is 0.0241. The van der Waals surface area contributed by atoms with Gasteiger partial charge in [0.15, 0.2) is 17.3 Å². The summed E-state index contributed by atoms with van der Waals surface area (Å²) in [5, 5.41) is 53.8. The van der Waals surface area contributed by atoms with Crippen LogP contribution in [0.15, 0.2) is 89.4 Å². The lowest BCUT2D eigenvalue weighted by Gasteiger charge is -2.44. The van der Waals surface area contributed by atoms with E-state index in [1.807, 2.05) is 42.5 Å². The van der Waals surface area contributed by atoms with Crippen molar-refractivity contribution in [3.05, 3.63) is 113 Å². The summed E-state index contributed by atoms with van der Waals surface area (Å²) in [6.07, 6.45) is 4.20. The second-order valence-corrected chi connectivity index (χ2v) is 10.1. The molecule has 0 spiro atoms. The summed E-state index contributed by atoms with van der Waals surface area (Å²) in [4.78, 5) is 9.91. The number of aromatic nitrogens is 2. The van der Waals surface area contributed by atoms with E-state index >= 15 is 0 Å². The summed E-state index contributed by atoms with van der Waals surface area (Å²) in [5.74, 6) is -4.32. The first-order valence-corrected chi connectivity index (χ1v) is 12.7. The average molecular weight is 529 g/mol. The quantitative estimate of drug-likeness (QED) is 0.106. The smallest absolute Gasteiger partial charge is 0.231 e. The number of fused-ring (bicyclic) bond motifs is 3. The minimum atomic E-state index is -1.05. The van der Waals surface area contributed by atoms with Crippen molar-refractivity contribution in [1.29, 1.82) is 0 Å². The van der Waals surface area contributed by atoms with Gasteiger partial charge in [-0.3, -0.25) is 0 Å². The summed E-state index contributed by atoms with van der Waals surface area (Å²) in [5.41, 5.74) is 3.63. The molecule has 0 aliphatic heterocycles. The van der Waals surface area contributed by atoms with Crippen LogP contribution in [0.4, 0.5) is 0 Å². The van der Waals surface area contributed by atoms with Crippen molar-refractivity contribution < 1.29 is 29.9 Å². The second-order valence-electron chi connectivity index (χ2n) is 10.1. The van der Waals surface area contributed by atoms with E-state index in [2.05, 4.69) is 24.3 Å². The van der Waals surface area contributed by atoms with Gasteiger partial charge in [-0.15, -0.1) is 0 Å². The van der Waals surface area contributed by atoms with E-state index in [0.717, 1.165) is 22.3 Å². The summed E-state index contributed by atoms with van der Waals surface area (Å²) in [6.45, 7) is 0. The highest BCUT2D eigenvalue weighted by Crippen LogP contribution is 2.58. The normalized spacial score (nSPS) is 18.8. The molecule has 194 valence electrons. The summed E-state index contributed by atoms with van der Waals surface area (Å²) in [6, 6.07) is 23.3. The maximum absolute atomic E-state index is 11.0. The summed E-state index contributed by atoms with van der Waals surface area (Å²) < 4.78 is 6.18. The van der Waals surface area contributed by atoms with E-state index in [0.29, 0.717) is 22.2 Å². The summed E-state index contributed by atoms with van der Waals surface area (Å²) in [7, 11) is 0. The third-order valence-corrected chi connectivity index (χ3v) is 8.18. The molecular weight excluding hydrogens is 508 g/mol. The molecule has 0 radical (unpaired) electrons. The fourth-order valence-electron chi connectivity index (χ4n) is 6.40. The lowest BCUT2D eigenvalue weighted by Crippen LogP contribution is -2.39.